The Morgan fingerprint density at radius 1 is 0.885 bits per heavy atom. The first-order chi connectivity index (χ1) is 12.7. The summed E-state index contributed by atoms with van der Waals surface area (Å²) in [5.41, 5.74) is 4.55. The Morgan fingerprint density at radius 3 is 2.19 bits per heavy atom. The maximum absolute atomic E-state index is 10.7. The van der Waals surface area contributed by atoms with Crippen molar-refractivity contribution in [1.29, 1.82) is 0 Å². The van der Waals surface area contributed by atoms with Crippen LogP contribution >= 0.6 is 0 Å². The van der Waals surface area contributed by atoms with E-state index in [1.807, 2.05) is 72.8 Å². The minimum Gasteiger partial charge on any atom is -0.478 e. The molecule has 26 heavy (non-hydrogen) atoms. The average molecular weight is 340 g/mol. The van der Waals surface area contributed by atoms with Crippen molar-refractivity contribution in [1.82, 2.24) is 4.98 Å². The Hall–Kier alpha value is -3.66. The zero-order valence-corrected chi connectivity index (χ0v) is 13.9. The van der Waals surface area contributed by atoms with Crippen LogP contribution in [0.5, 0.6) is 0 Å². The monoisotopic (exact) mass is 340 g/mol. The van der Waals surface area contributed by atoms with Crippen molar-refractivity contribution in [3.8, 4) is 0 Å². The lowest BCUT2D eigenvalue weighted by Crippen LogP contribution is -1.95. The molecule has 0 aliphatic carbocycles. The van der Waals surface area contributed by atoms with Gasteiger partial charge in [-0.25, -0.2) is 9.78 Å². The van der Waals surface area contributed by atoms with Crippen LogP contribution in [0.2, 0.25) is 0 Å². The van der Waals surface area contributed by atoms with E-state index in [-0.39, 0.29) is 0 Å². The summed E-state index contributed by atoms with van der Waals surface area (Å²) in [5, 5.41) is 14.4. The molecule has 0 saturated carbocycles. The van der Waals surface area contributed by atoms with Gasteiger partial charge in [-0.15, -0.1) is 0 Å². The quantitative estimate of drug-likeness (QED) is 0.394. The molecule has 0 unspecified atom stereocenters. The van der Waals surface area contributed by atoms with Crippen LogP contribution in [0.15, 0.2) is 78.9 Å². The lowest BCUT2D eigenvalue weighted by molar-refractivity contribution is -0.131. The number of fused-ring (bicyclic) bond motifs is 2. The molecule has 4 aromatic rings. The van der Waals surface area contributed by atoms with Crippen molar-refractivity contribution in [3.63, 3.8) is 0 Å². The number of benzene rings is 3. The number of hydrogen-bond acceptors (Lipinski definition) is 3. The van der Waals surface area contributed by atoms with Crippen LogP contribution in [-0.2, 0) is 4.79 Å². The lowest BCUT2D eigenvalue weighted by Gasteiger charge is -2.13. The molecule has 0 aliphatic heterocycles. The number of nitrogens with one attached hydrogen (secondary N) is 1. The van der Waals surface area contributed by atoms with Crippen molar-refractivity contribution in [3.05, 3.63) is 84.4 Å². The highest BCUT2D eigenvalue weighted by Crippen LogP contribution is 2.33. The number of aromatic nitrogens is 1. The van der Waals surface area contributed by atoms with Gasteiger partial charge in [0, 0.05) is 22.5 Å². The molecule has 0 bridgehead atoms. The number of aliphatic carboxylic acids is 1. The Labute approximate surface area is 150 Å². The van der Waals surface area contributed by atoms with Crippen LogP contribution < -0.4 is 5.32 Å². The molecule has 126 valence electrons. The van der Waals surface area contributed by atoms with Crippen molar-refractivity contribution < 1.29 is 9.90 Å². The zero-order chi connectivity index (χ0) is 17.9. The van der Waals surface area contributed by atoms with Gasteiger partial charge in [-0.1, -0.05) is 48.5 Å². The SMILES string of the molecule is O=C(O)/C=C\c1cccc(Nc2c3ccccc3nc3ccccc23)c1. The van der Waals surface area contributed by atoms with Crippen molar-refractivity contribution in [2.45, 2.75) is 0 Å². The fourth-order valence-electron chi connectivity index (χ4n) is 3.01. The van der Waals surface area contributed by atoms with Gasteiger partial charge in [-0.05, 0) is 35.9 Å². The summed E-state index contributed by atoms with van der Waals surface area (Å²) >= 11 is 0. The fourth-order valence-corrected chi connectivity index (χ4v) is 3.01. The second kappa shape index (κ2) is 6.69. The number of anilines is 2. The normalized spacial score (nSPS) is 11.2. The summed E-state index contributed by atoms with van der Waals surface area (Å²) < 4.78 is 0. The van der Waals surface area contributed by atoms with Gasteiger partial charge < -0.3 is 10.4 Å². The third-order valence-electron chi connectivity index (χ3n) is 4.16. The Kier molecular flexibility index (Phi) is 4.07. The number of rotatable bonds is 4. The molecule has 2 N–H and O–H groups in total. The molecule has 0 atom stereocenters. The van der Waals surface area contributed by atoms with Crippen LogP contribution in [0.4, 0.5) is 11.4 Å². The Balaban J connectivity index is 1.84. The molecule has 0 radical (unpaired) electrons. The third kappa shape index (κ3) is 3.13. The summed E-state index contributed by atoms with van der Waals surface area (Å²) in [6, 6.07) is 23.7. The summed E-state index contributed by atoms with van der Waals surface area (Å²) in [6.45, 7) is 0. The number of para-hydroxylation sites is 2. The predicted molar refractivity (Wildman–Crippen MR) is 106 cm³/mol. The van der Waals surface area contributed by atoms with E-state index >= 15 is 0 Å². The van der Waals surface area contributed by atoms with Gasteiger partial charge in [0.2, 0.25) is 0 Å². The van der Waals surface area contributed by atoms with Crippen LogP contribution in [0.1, 0.15) is 5.56 Å². The number of nitrogens with zero attached hydrogens (tertiary/aromatic N) is 1. The molecule has 4 rings (SSSR count). The molecule has 0 saturated heterocycles. The molecular weight excluding hydrogens is 324 g/mol. The number of hydrogen-bond donors (Lipinski definition) is 2. The van der Waals surface area contributed by atoms with Gasteiger partial charge in [-0.3, -0.25) is 0 Å². The van der Waals surface area contributed by atoms with Gasteiger partial charge in [-0.2, -0.15) is 0 Å². The van der Waals surface area contributed by atoms with Crippen LogP contribution in [0.25, 0.3) is 27.9 Å². The molecule has 3 aromatic carbocycles. The van der Waals surface area contributed by atoms with Crippen LogP contribution in [0.3, 0.4) is 0 Å². The highest BCUT2D eigenvalue weighted by molar-refractivity contribution is 6.08. The predicted octanol–water partition coefficient (Wildman–Crippen LogP) is 5.23. The largest absolute Gasteiger partial charge is 0.478 e. The van der Waals surface area contributed by atoms with Crippen LogP contribution in [0, 0.1) is 0 Å². The van der Waals surface area contributed by atoms with Crippen molar-refractivity contribution in [2.75, 3.05) is 5.32 Å². The Morgan fingerprint density at radius 2 is 1.54 bits per heavy atom. The first kappa shape index (κ1) is 15.8. The van der Waals surface area contributed by atoms with Gasteiger partial charge in [0.1, 0.15) is 0 Å². The number of carboxylic acids is 1. The van der Waals surface area contributed by atoms with E-state index in [9.17, 15) is 4.79 Å². The van der Waals surface area contributed by atoms with E-state index in [0.29, 0.717) is 0 Å². The standard InChI is InChI=1S/C22H16N2O2/c25-21(26)13-12-15-6-5-7-16(14-15)23-22-17-8-1-3-10-19(17)24-20-11-4-2-9-18(20)22/h1-14H,(H,23,24)(H,25,26)/b13-12-. The minimum absolute atomic E-state index is 0.820. The topological polar surface area (TPSA) is 62.2 Å². The highest BCUT2D eigenvalue weighted by Gasteiger charge is 2.09. The number of carbonyl (C=O) groups is 1. The maximum Gasteiger partial charge on any atom is 0.328 e. The zero-order valence-electron chi connectivity index (χ0n) is 13.9. The molecule has 0 fully saturated rings. The average Bonchev–Trinajstić information content (AvgIpc) is 2.66. The lowest BCUT2D eigenvalue weighted by atomic mass is 10.1. The van der Waals surface area contributed by atoms with E-state index in [1.165, 1.54) is 0 Å². The van der Waals surface area contributed by atoms with Crippen LogP contribution in [-0.4, -0.2) is 16.1 Å². The molecule has 0 spiro atoms. The summed E-state index contributed by atoms with van der Waals surface area (Å²) in [7, 11) is 0. The van der Waals surface area contributed by atoms with Crippen molar-refractivity contribution >= 4 is 45.2 Å². The maximum atomic E-state index is 10.7. The third-order valence-corrected chi connectivity index (χ3v) is 4.16. The number of carboxylic acid groups (broad SMARTS) is 1. The number of pyridine rings is 1. The molecule has 0 aliphatic rings. The van der Waals surface area contributed by atoms with E-state index in [0.717, 1.165) is 44.8 Å². The summed E-state index contributed by atoms with van der Waals surface area (Å²) in [6.07, 6.45) is 2.71. The first-order valence-electron chi connectivity index (χ1n) is 8.26. The Bertz CT molecular complexity index is 1100. The molecule has 4 nitrogen and oxygen atoms in total. The van der Waals surface area contributed by atoms with Crippen molar-refractivity contribution in [2.24, 2.45) is 0 Å². The summed E-state index contributed by atoms with van der Waals surface area (Å²) in [5.74, 6) is -0.963. The van der Waals surface area contributed by atoms with E-state index in [1.54, 1.807) is 6.08 Å². The second-order valence-corrected chi connectivity index (χ2v) is 5.94. The minimum atomic E-state index is -0.963. The summed E-state index contributed by atoms with van der Waals surface area (Å²) in [4.78, 5) is 15.5. The van der Waals surface area contributed by atoms with Gasteiger partial charge >= 0.3 is 5.97 Å². The van der Waals surface area contributed by atoms with E-state index < -0.39 is 5.97 Å². The molecule has 1 heterocycles. The molecule has 1 aromatic heterocycles. The molecule has 0 amide bonds. The van der Waals surface area contributed by atoms with E-state index in [2.05, 4.69) is 5.32 Å². The van der Waals surface area contributed by atoms with Gasteiger partial charge in [0.25, 0.3) is 0 Å². The first-order valence-corrected chi connectivity index (χ1v) is 8.26. The van der Waals surface area contributed by atoms with E-state index in [4.69, 9.17) is 10.1 Å². The van der Waals surface area contributed by atoms with Gasteiger partial charge in [0.15, 0.2) is 0 Å². The fraction of sp³-hybridized carbons (Fsp3) is 0. The molecule has 4 heteroatoms. The molecular formula is C22H16N2O2. The highest BCUT2D eigenvalue weighted by atomic mass is 16.4. The van der Waals surface area contributed by atoms with Gasteiger partial charge in [0.05, 0.1) is 16.7 Å². The second-order valence-electron chi connectivity index (χ2n) is 5.94. The smallest absolute Gasteiger partial charge is 0.328 e.